The van der Waals surface area contributed by atoms with Crippen molar-refractivity contribution in [2.24, 2.45) is 11.8 Å². The van der Waals surface area contributed by atoms with Gasteiger partial charge < -0.3 is 5.11 Å². The molecule has 0 radical (unpaired) electrons. The Balaban J connectivity index is 2.34. The average molecular weight is 318 g/mol. The number of carboxylic acid groups (broad SMARTS) is 1. The van der Waals surface area contributed by atoms with Gasteiger partial charge in [-0.2, -0.15) is 4.31 Å². The molecular formula is C12H18N2O4S2. The first kappa shape index (κ1) is 15.4. The lowest BCUT2D eigenvalue weighted by atomic mass is 9.92. The van der Waals surface area contributed by atoms with Crippen molar-refractivity contribution < 1.29 is 18.3 Å². The fraction of sp³-hybridized carbons (Fsp3) is 0.667. The van der Waals surface area contributed by atoms with Crippen LogP contribution in [0.25, 0.3) is 0 Å². The van der Waals surface area contributed by atoms with Gasteiger partial charge in [-0.3, -0.25) is 4.79 Å². The van der Waals surface area contributed by atoms with Crippen LogP contribution in [0.5, 0.6) is 0 Å². The number of carboxylic acids is 1. The molecule has 1 aromatic rings. The summed E-state index contributed by atoms with van der Waals surface area (Å²) in [6, 6.07) is 0. The summed E-state index contributed by atoms with van der Waals surface area (Å²) in [6.45, 7) is 5.71. The number of thiazole rings is 1. The van der Waals surface area contributed by atoms with E-state index in [-0.39, 0.29) is 16.7 Å². The maximum Gasteiger partial charge on any atom is 0.307 e. The number of rotatable bonds is 3. The maximum atomic E-state index is 12.6. The number of aryl methyl sites for hydroxylation is 2. The summed E-state index contributed by atoms with van der Waals surface area (Å²) in [6.07, 6.45) is 0.516. The van der Waals surface area contributed by atoms with Crippen LogP contribution in [-0.2, 0) is 14.8 Å². The van der Waals surface area contributed by atoms with Crippen molar-refractivity contribution in [2.75, 3.05) is 13.1 Å². The van der Waals surface area contributed by atoms with Crippen molar-refractivity contribution in [3.05, 3.63) is 10.7 Å². The van der Waals surface area contributed by atoms with Gasteiger partial charge in [0.25, 0.3) is 10.0 Å². The van der Waals surface area contributed by atoms with E-state index in [4.69, 9.17) is 5.11 Å². The van der Waals surface area contributed by atoms with E-state index in [1.165, 1.54) is 4.31 Å². The lowest BCUT2D eigenvalue weighted by Gasteiger charge is -2.33. The molecule has 2 unspecified atom stereocenters. The predicted molar refractivity (Wildman–Crippen MR) is 75.3 cm³/mol. The van der Waals surface area contributed by atoms with Gasteiger partial charge in [0.1, 0.15) is 0 Å². The summed E-state index contributed by atoms with van der Waals surface area (Å²) < 4.78 is 26.8. The summed E-state index contributed by atoms with van der Waals surface area (Å²) in [5.74, 6) is -1.54. The first-order chi connectivity index (χ1) is 9.21. The molecule has 1 aliphatic heterocycles. The van der Waals surface area contributed by atoms with E-state index in [1.807, 2.05) is 6.92 Å². The van der Waals surface area contributed by atoms with Crippen LogP contribution in [0, 0.1) is 25.7 Å². The Bertz CT molecular complexity index is 623. The molecule has 0 aromatic carbocycles. The summed E-state index contributed by atoms with van der Waals surface area (Å²) >= 11 is 1.14. The zero-order chi connectivity index (χ0) is 15.1. The first-order valence-electron chi connectivity index (χ1n) is 6.38. The van der Waals surface area contributed by atoms with Gasteiger partial charge in [0.05, 0.1) is 16.6 Å². The summed E-state index contributed by atoms with van der Waals surface area (Å²) in [5, 5.41) is 9.83. The number of aromatic nitrogens is 1. The monoisotopic (exact) mass is 318 g/mol. The Labute approximate surface area is 122 Å². The largest absolute Gasteiger partial charge is 0.481 e. The molecule has 20 heavy (non-hydrogen) atoms. The Morgan fingerprint density at radius 1 is 1.40 bits per heavy atom. The smallest absolute Gasteiger partial charge is 0.307 e. The molecule has 0 aliphatic carbocycles. The van der Waals surface area contributed by atoms with Crippen LogP contribution in [0.2, 0.25) is 0 Å². The molecule has 0 amide bonds. The highest BCUT2D eigenvalue weighted by Crippen LogP contribution is 2.31. The molecule has 1 N–H and O–H groups in total. The molecule has 0 saturated carbocycles. The number of nitrogens with zero attached hydrogens (tertiary/aromatic N) is 2. The Hall–Kier alpha value is -0.990. The molecule has 112 valence electrons. The Morgan fingerprint density at radius 2 is 2.05 bits per heavy atom. The second-order valence-electron chi connectivity index (χ2n) is 5.30. The molecule has 2 heterocycles. The van der Waals surface area contributed by atoms with Crippen LogP contribution in [0.4, 0.5) is 0 Å². The minimum atomic E-state index is -3.65. The highest BCUT2D eigenvalue weighted by molar-refractivity contribution is 7.91. The number of carbonyl (C=O) groups is 1. The van der Waals surface area contributed by atoms with Crippen molar-refractivity contribution >= 4 is 27.3 Å². The van der Waals surface area contributed by atoms with Crippen LogP contribution >= 0.6 is 11.3 Å². The molecule has 2 rings (SSSR count). The number of hydrogen-bond donors (Lipinski definition) is 1. The molecule has 6 nitrogen and oxygen atoms in total. The highest BCUT2D eigenvalue weighted by Gasteiger charge is 2.37. The first-order valence-corrected chi connectivity index (χ1v) is 8.64. The van der Waals surface area contributed by atoms with Crippen molar-refractivity contribution in [1.82, 2.24) is 9.29 Å². The topological polar surface area (TPSA) is 87.6 Å². The van der Waals surface area contributed by atoms with Crippen molar-refractivity contribution in [1.29, 1.82) is 0 Å². The molecule has 1 aliphatic rings. The quantitative estimate of drug-likeness (QED) is 0.912. The summed E-state index contributed by atoms with van der Waals surface area (Å²) in [4.78, 5) is 15.3. The van der Waals surface area contributed by atoms with Crippen LogP contribution in [-0.4, -0.2) is 41.9 Å². The lowest BCUT2D eigenvalue weighted by Crippen LogP contribution is -2.45. The molecular weight excluding hydrogens is 300 g/mol. The third kappa shape index (κ3) is 2.87. The van der Waals surface area contributed by atoms with Gasteiger partial charge in [-0.15, -0.1) is 11.3 Å². The fourth-order valence-corrected chi connectivity index (χ4v) is 5.77. The van der Waals surface area contributed by atoms with Crippen LogP contribution in [0.1, 0.15) is 24.0 Å². The zero-order valence-electron chi connectivity index (χ0n) is 11.7. The van der Waals surface area contributed by atoms with Crippen LogP contribution < -0.4 is 0 Å². The van der Waals surface area contributed by atoms with Crippen molar-refractivity contribution in [3.8, 4) is 0 Å². The fourth-order valence-electron chi connectivity index (χ4n) is 2.55. The average Bonchev–Trinajstić information content (AvgIpc) is 2.68. The Morgan fingerprint density at radius 3 is 2.55 bits per heavy atom. The van der Waals surface area contributed by atoms with Crippen LogP contribution in [0.15, 0.2) is 4.21 Å². The third-order valence-corrected chi connectivity index (χ3v) is 6.90. The number of hydrogen-bond acceptors (Lipinski definition) is 5. The molecule has 2 atom stereocenters. The van der Waals surface area contributed by atoms with Gasteiger partial charge in [0.2, 0.25) is 0 Å². The SMILES string of the molecule is Cc1nc(C)c(S(=O)(=O)N2CC(C)CC(C(=O)O)C2)s1. The minimum absolute atomic E-state index is 0.0361. The van der Waals surface area contributed by atoms with Crippen LogP contribution in [0.3, 0.4) is 0 Å². The predicted octanol–water partition coefficient (Wildman–Crippen LogP) is 1.49. The molecule has 0 bridgehead atoms. The minimum Gasteiger partial charge on any atom is -0.481 e. The molecule has 0 spiro atoms. The Kier molecular flexibility index (Phi) is 4.17. The highest BCUT2D eigenvalue weighted by atomic mass is 32.2. The number of piperidine rings is 1. The summed E-state index contributed by atoms with van der Waals surface area (Å²) in [5.41, 5.74) is 0.484. The van der Waals surface area contributed by atoms with E-state index in [9.17, 15) is 13.2 Å². The maximum absolute atomic E-state index is 12.6. The molecule has 1 fully saturated rings. The van der Waals surface area contributed by atoms with Gasteiger partial charge in [-0.1, -0.05) is 6.92 Å². The van der Waals surface area contributed by atoms with Gasteiger partial charge in [-0.25, -0.2) is 13.4 Å². The molecule has 1 aromatic heterocycles. The third-order valence-electron chi connectivity index (χ3n) is 3.41. The van der Waals surface area contributed by atoms with E-state index in [0.717, 1.165) is 11.3 Å². The molecule has 8 heteroatoms. The second kappa shape index (κ2) is 5.42. The van der Waals surface area contributed by atoms with Gasteiger partial charge in [0, 0.05) is 13.1 Å². The van der Waals surface area contributed by atoms with E-state index in [2.05, 4.69) is 4.98 Å². The number of aliphatic carboxylic acids is 1. The van der Waals surface area contributed by atoms with Gasteiger partial charge in [0.15, 0.2) is 4.21 Å². The van der Waals surface area contributed by atoms with E-state index < -0.39 is 21.9 Å². The van der Waals surface area contributed by atoms with Gasteiger partial charge >= 0.3 is 5.97 Å². The second-order valence-corrected chi connectivity index (χ2v) is 8.64. The standard InChI is InChI=1S/C12H18N2O4S2/c1-7-4-10(11(15)16)6-14(5-7)20(17,18)12-8(2)13-9(3)19-12/h7,10H,4-6H2,1-3H3,(H,15,16). The summed E-state index contributed by atoms with van der Waals surface area (Å²) in [7, 11) is -3.65. The molecule has 1 saturated heterocycles. The normalized spacial score (nSPS) is 24.8. The number of sulfonamides is 1. The van der Waals surface area contributed by atoms with Gasteiger partial charge in [-0.05, 0) is 26.2 Å². The van der Waals surface area contributed by atoms with Crippen molar-refractivity contribution in [3.63, 3.8) is 0 Å². The van der Waals surface area contributed by atoms with E-state index in [0.29, 0.717) is 23.7 Å². The lowest BCUT2D eigenvalue weighted by molar-refractivity contribution is -0.143. The van der Waals surface area contributed by atoms with Crippen molar-refractivity contribution in [2.45, 2.75) is 31.4 Å². The van der Waals surface area contributed by atoms with E-state index in [1.54, 1.807) is 13.8 Å². The zero-order valence-corrected chi connectivity index (χ0v) is 13.3. The van der Waals surface area contributed by atoms with E-state index >= 15 is 0 Å².